The number of piperidine rings is 1. The number of hydrogen-bond donors (Lipinski definition) is 4. The lowest BCUT2D eigenvalue weighted by atomic mass is 10.1. The number of anilines is 1. The van der Waals surface area contributed by atoms with E-state index < -0.39 is 36.1 Å². The Hall–Kier alpha value is -2.83. The number of carbonyl (C=O) groups excluding carboxylic acids is 1. The molecule has 13 heteroatoms. The first kappa shape index (κ1) is 21.9. The van der Waals surface area contributed by atoms with Crippen LogP contribution in [-0.4, -0.2) is 52.7 Å². The van der Waals surface area contributed by atoms with Crippen LogP contribution in [0.3, 0.4) is 0 Å². The summed E-state index contributed by atoms with van der Waals surface area (Å²) < 4.78 is 77.0. The van der Waals surface area contributed by atoms with Gasteiger partial charge in [-0.3, -0.25) is 4.79 Å². The van der Waals surface area contributed by atoms with Crippen molar-refractivity contribution in [3.63, 3.8) is 0 Å². The number of hydrogen-bond acceptors (Lipinski definition) is 5. The highest BCUT2D eigenvalue weighted by atomic mass is 19.4. The molecular weight excluding hydrogens is 418 g/mol. The first-order valence-electron chi connectivity index (χ1n) is 8.98. The molecule has 2 aromatic rings. The maximum absolute atomic E-state index is 13.4. The summed E-state index contributed by atoms with van der Waals surface area (Å²) in [6.07, 6.45) is -5.99. The van der Waals surface area contributed by atoms with Crippen molar-refractivity contribution in [1.82, 2.24) is 25.6 Å². The van der Waals surface area contributed by atoms with Gasteiger partial charge in [-0.25, -0.2) is 9.97 Å². The van der Waals surface area contributed by atoms with Crippen molar-refractivity contribution in [1.29, 1.82) is 0 Å². The molecule has 1 amide bonds. The number of nitrogens with one attached hydrogen (secondary N) is 4. The van der Waals surface area contributed by atoms with Gasteiger partial charge in [-0.05, 0) is 25.5 Å². The lowest BCUT2D eigenvalue weighted by Gasteiger charge is -2.24. The first-order chi connectivity index (χ1) is 14.0. The molecule has 3 rings (SSSR count). The molecule has 164 valence electrons. The van der Waals surface area contributed by atoms with Crippen LogP contribution in [0.15, 0.2) is 18.5 Å². The van der Waals surface area contributed by atoms with Crippen LogP contribution in [0.2, 0.25) is 0 Å². The molecule has 0 saturated carbocycles. The van der Waals surface area contributed by atoms with Crippen molar-refractivity contribution < 1.29 is 31.1 Å². The Morgan fingerprint density at radius 1 is 1.23 bits per heavy atom. The first-order valence-corrected chi connectivity index (χ1v) is 8.98. The zero-order valence-electron chi connectivity index (χ0n) is 15.4. The van der Waals surface area contributed by atoms with E-state index in [9.17, 15) is 31.1 Å². The van der Waals surface area contributed by atoms with Crippen LogP contribution in [0.1, 0.15) is 28.9 Å². The minimum Gasteiger partial charge on any atom is -0.357 e. The molecule has 1 fully saturated rings. The summed E-state index contributed by atoms with van der Waals surface area (Å²) in [5.41, 5.74) is -2.05. The second kappa shape index (κ2) is 8.50. The molecule has 1 saturated heterocycles. The second-order valence-corrected chi connectivity index (χ2v) is 6.74. The summed E-state index contributed by atoms with van der Waals surface area (Å²) in [5, 5.41) is 7.76. The molecule has 0 bridgehead atoms. The zero-order valence-corrected chi connectivity index (χ0v) is 15.4. The molecule has 7 nitrogen and oxygen atoms in total. The molecule has 0 spiro atoms. The van der Waals surface area contributed by atoms with Crippen LogP contribution in [0.4, 0.5) is 32.3 Å². The number of amides is 1. The summed E-state index contributed by atoms with van der Waals surface area (Å²) in [7, 11) is 0. The van der Waals surface area contributed by atoms with Crippen molar-refractivity contribution in [2.45, 2.75) is 31.2 Å². The Morgan fingerprint density at radius 3 is 2.63 bits per heavy atom. The fourth-order valence-corrected chi connectivity index (χ4v) is 2.97. The Kier molecular flexibility index (Phi) is 6.19. The Morgan fingerprint density at radius 2 is 2.00 bits per heavy atom. The fourth-order valence-electron chi connectivity index (χ4n) is 2.97. The van der Waals surface area contributed by atoms with Gasteiger partial charge < -0.3 is 20.9 Å². The molecule has 0 aromatic carbocycles. The van der Waals surface area contributed by atoms with E-state index in [2.05, 4.69) is 25.6 Å². The van der Waals surface area contributed by atoms with Gasteiger partial charge in [-0.15, -0.1) is 0 Å². The monoisotopic (exact) mass is 436 g/mol. The van der Waals surface area contributed by atoms with Crippen LogP contribution >= 0.6 is 0 Å². The van der Waals surface area contributed by atoms with Gasteiger partial charge in [0.25, 0.3) is 5.91 Å². The number of aromatic amines is 1. The zero-order chi connectivity index (χ0) is 21.9. The van der Waals surface area contributed by atoms with Gasteiger partial charge in [0.05, 0.1) is 5.69 Å². The molecule has 1 aliphatic heterocycles. The van der Waals surface area contributed by atoms with E-state index in [0.29, 0.717) is 12.7 Å². The molecule has 3 heterocycles. The van der Waals surface area contributed by atoms with Gasteiger partial charge in [0, 0.05) is 30.5 Å². The highest BCUT2D eigenvalue weighted by Crippen LogP contribution is 2.36. The minimum atomic E-state index is -4.77. The summed E-state index contributed by atoms with van der Waals surface area (Å²) in [5.74, 6) is -1.12. The molecule has 0 aliphatic carbocycles. The molecule has 1 atom stereocenters. The molecular formula is C17H18F6N6O. The Bertz CT molecular complexity index is 888. The standard InChI is InChI=1S/C17H18F6N6O/c18-16(19,20)8-27-14(30)12-4-9(5-25-12)13-11(17(21,22)23)7-26-15(29-13)28-10-2-1-3-24-6-10/h4-5,7,10,24-25H,1-3,6,8H2,(H,27,30)(H,26,28,29)/t10-/m0/s1. The van der Waals surface area contributed by atoms with Gasteiger partial charge in [0.2, 0.25) is 5.95 Å². The summed E-state index contributed by atoms with van der Waals surface area (Å²) >= 11 is 0. The van der Waals surface area contributed by atoms with E-state index in [-0.39, 0.29) is 23.2 Å². The maximum Gasteiger partial charge on any atom is 0.419 e. The molecule has 0 radical (unpaired) electrons. The molecule has 1 aliphatic rings. The third-order valence-electron chi connectivity index (χ3n) is 4.37. The van der Waals surface area contributed by atoms with Gasteiger partial charge in [0.15, 0.2) is 0 Å². The third-order valence-corrected chi connectivity index (χ3v) is 4.37. The average Bonchev–Trinajstić information content (AvgIpc) is 3.15. The van der Waals surface area contributed by atoms with Crippen molar-refractivity contribution in [3.05, 3.63) is 29.7 Å². The average molecular weight is 436 g/mol. The molecule has 2 aromatic heterocycles. The van der Waals surface area contributed by atoms with Crippen LogP contribution in [0, 0.1) is 0 Å². The molecule has 30 heavy (non-hydrogen) atoms. The van der Waals surface area contributed by atoms with Gasteiger partial charge in [0.1, 0.15) is 17.8 Å². The predicted octanol–water partition coefficient (Wildman–Crippen LogP) is 2.95. The smallest absolute Gasteiger partial charge is 0.357 e. The van der Waals surface area contributed by atoms with E-state index in [1.807, 2.05) is 0 Å². The second-order valence-electron chi connectivity index (χ2n) is 6.74. The fraction of sp³-hybridized carbons (Fsp3) is 0.471. The summed E-state index contributed by atoms with van der Waals surface area (Å²) in [6, 6.07) is 0.952. The van der Waals surface area contributed by atoms with E-state index in [1.54, 1.807) is 5.32 Å². The number of rotatable bonds is 5. The quantitative estimate of drug-likeness (QED) is 0.541. The number of H-pyrrole nitrogens is 1. The number of nitrogens with zero attached hydrogens (tertiary/aromatic N) is 2. The highest BCUT2D eigenvalue weighted by molar-refractivity contribution is 5.94. The van der Waals surface area contributed by atoms with Crippen molar-refractivity contribution in [3.8, 4) is 11.3 Å². The van der Waals surface area contributed by atoms with Crippen LogP contribution < -0.4 is 16.0 Å². The van der Waals surface area contributed by atoms with Crippen molar-refractivity contribution in [2.24, 2.45) is 0 Å². The largest absolute Gasteiger partial charge is 0.419 e. The minimum absolute atomic E-state index is 0.0176. The van der Waals surface area contributed by atoms with Gasteiger partial charge in [-0.1, -0.05) is 0 Å². The maximum atomic E-state index is 13.4. The van der Waals surface area contributed by atoms with Gasteiger partial charge in [-0.2, -0.15) is 26.3 Å². The SMILES string of the molecule is O=C(NCC(F)(F)F)c1cc(-c2nc(N[C@H]3CCCNC3)ncc2C(F)(F)F)c[nH]1. The number of aromatic nitrogens is 3. The highest BCUT2D eigenvalue weighted by Gasteiger charge is 2.36. The number of halogens is 6. The number of alkyl halides is 6. The summed E-state index contributed by atoms with van der Waals surface area (Å²) in [4.78, 5) is 21.9. The third kappa shape index (κ3) is 5.62. The molecule has 4 N–H and O–H groups in total. The van der Waals surface area contributed by atoms with Crippen LogP contribution in [0.25, 0.3) is 11.3 Å². The predicted molar refractivity (Wildman–Crippen MR) is 94.7 cm³/mol. The van der Waals surface area contributed by atoms with E-state index in [1.165, 1.54) is 0 Å². The normalized spacial score (nSPS) is 17.6. The lowest BCUT2D eigenvalue weighted by molar-refractivity contribution is -0.137. The van der Waals surface area contributed by atoms with Crippen LogP contribution in [-0.2, 0) is 6.18 Å². The Balaban J connectivity index is 1.86. The van der Waals surface area contributed by atoms with Gasteiger partial charge >= 0.3 is 12.4 Å². The Labute approximate surface area is 166 Å². The van der Waals surface area contributed by atoms with E-state index in [4.69, 9.17) is 0 Å². The van der Waals surface area contributed by atoms with E-state index >= 15 is 0 Å². The number of carbonyl (C=O) groups is 1. The van der Waals surface area contributed by atoms with Crippen molar-refractivity contribution >= 4 is 11.9 Å². The van der Waals surface area contributed by atoms with Crippen molar-refractivity contribution in [2.75, 3.05) is 25.0 Å². The lowest BCUT2D eigenvalue weighted by Crippen LogP contribution is -2.38. The van der Waals surface area contributed by atoms with E-state index in [0.717, 1.165) is 31.6 Å². The van der Waals surface area contributed by atoms with Crippen LogP contribution in [0.5, 0.6) is 0 Å². The molecule has 0 unspecified atom stereocenters. The summed E-state index contributed by atoms with van der Waals surface area (Å²) in [6.45, 7) is -0.113. The topological polar surface area (TPSA) is 94.7 Å².